The molecule has 0 heterocycles. The summed E-state index contributed by atoms with van der Waals surface area (Å²) in [5.41, 5.74) is 0.346. The number of halogens is 1. The Hall–Kier alpha value is -2.54. The smallest absolute Gasteiger partial charge is 0.258 e. The number of nitrogens with one attached hydrogen (secondary N) is 2. The minimum Gasteiger partial charge on any atom is -0.484 e. The number of hydrogen-bond donors (Lipinski definition) is 2. The zero-order chi connectivity index (χ0) is 18.8. The van der Waals surface area contributed by atoms with Crippen LogP contribution in [0.3, 0.4) is 0 Å². The Labute approximate surface area is 156 Å². The first-order valence-corrected chi connectivity index (χ1v) is 9.50. The molecule has 2 aromatic carbocycles. The van der Waals surface area contributed by atoms with Gasteiger partial charge in [-0.25, -0.2) is 4.39 Å². The van der Waals surface area contributed by atoms with Gasteiger partial charge in [0, 0.05) is 5.69 Å². The number of ether oxygens (including phenoxy) is 1. The summed E-state index contributed by atoms with van der Waals surface area (Å²) < 4.78 is 18.6. The largest absolute Gasteiger partial charge is 0.484 e. The molecule has 2 rings (SSSR count). The van der Waals surface area contributed by atoms with Gasteiger partial charge in [-0.15, -0.1) is 0 Å². The Morgan fingerprint density at radius 3 is 2.62 bits per heavy atom. The highest BCUT2D eigenvalue weighted by molar-refractivity contribution is 7.98. The number of rotatable bonds is 9. The van der Waals surface area contributed by atoms with Crippen LogP contribution in [0.25, 0.3) is 0 Å². The van der Waals surface area contributed by atoms with Crippen LogP contribution in [0, 0.1) is 5.82 Å². The van der Waals surface area contributed by atoms with Gasteiger partial charge in [-0.3, -0.25) is 9.59 Å². The lowest BCUT2D eigenvalue weighted by Gasteiger charge is -2.18. The molecular weight excluding hydrogens is 355 g/mol. The van der Waals surface area contributed by atoms with Crippen LogP contribution in [-0.4, -0.2) is 36.5 Å². The minimum atomic E-state index is -0.724. The standard InChI is InChI=1S/C19H21FN2O3S/c1-26-11-10-17(19(24)21-15-7-5-6-14(20)12-15)22-18(23)13-25-16-8-3-2-4-9-16/h2-9,12,17H,10-11,13H2,1H3,(H,21,24)(H,22,23)/t17-/m0/s1. The predicted molar refractivity (Wildman–Crippen MR) is 102 cm³/mol. The number of amides is 2. The summed E-state index contributed by atoms with van der Waals surface area (Å²) in [5, 5.41) is 5.30. The van der Waals surface area contributed by atoms with Crippen molar-refractivity contribution in [2.24, 2.45) is 0 Å². The second kappa shape index (κ2) is 10.5. The number of hydrogen-bond acceptors (Lipinski definition) is 4. The molecule has 0 saturated heterocycles. The van der Waals surface area contributed by atoms with Crippen LogP contribution in [0.2, 0.25) is 0 Å². The van der Waals surface area contributed by atoms with Crippen molar-refractivity contribution in [3.8, 4) is 5.75 Å². The van der Waals surface area contributed by atoms with Gasteiger partial charge in [-0.1, -0.05) is 24.3 Å². The highest BCUT2D eigenvalue weighted by atomic mass is 32.2. The van der Waals surface area contributed by atoms with E-state index in [1.165, 1.54) is 18.2 Å². The van der Waals surface area contributed by atoms with Crippen molar-refractivity contribution in [3.05, 3.63) is 60.4 Å². The summed E-state index contributed by atoms with van der Waals surface area (Å²) in [5.74, 6) is 0.0458. The molecule has 0 fully saturated rings. The normalized spacial score (nSPS) is 11.5. The Kier molecular flexibility index (Phi) is 7.95. The van der Waals surface area contributed by atoms with E-state index in [0.29, 0.717) is 23.6 Å². The monoisotopic (exact) mass is 376 g/mol. The molecule has 0 unspecified atom stereocenters. The molecule has 2 aromatic rings. The quantitative estimate of drug-likeness (QED) is 0.706. The van der Waals surface area contributed by atoms with Crippen molar-refractivity contribution >= 4 is 29.3 Å². The van der Waals surface area contributed by atoms with Crippen molar-refractivity contribution in [1.29, 1.82) is 0 Å². The molecule has 0 spiro atoms. The summed E-state index contributed by atoms with van der Waals surface area (Å²) >= 11 is 1.57. The zero-order valence-corrected chi connectivity index (χ0v) is 15.2. The molecule has 0 aliphatic rings. The molecular formula is C19H21FN2O3S. The SMILES string of the molecule is CSCC[C@H](NC(=O)COc1ccccc1)C(=O)Nc1cccc(F)c1. The van der Waals surface area contributed by atoms with Crippen molar-refractivity contribution in [2.45, 2.75) is 12.5 Å². The molecule has 0 aromatic heterocycles. The van der Waals surface area contributed by atoms with Crippen molar-refractivity contribution < 1.29 is 18.7 Å². The van der Waals surface area contributed by atoms with E-state index >= 15 is 0 Å². The van der Waals surface area contributed by atoms with Gasteiger partial charge in [0.05, 0.1) is 0 Å². The molecule has 0 saturated carbocycles. The number of carbonyl (C=O) groups excluding carboxylic acids is 2. The predicted octanol–water partition coefficient (Wildman–Crippen LogP) is 3.08. The maximum atomic E-state index is 13.3. The van der Waals surface area contributed by atoms with Crippen LogP contribution in [-0.2, 0) is 9.59 Å². The Morgan fingerprint density at radius 2 is 1.92 bits per heavy atom. The van der Waals surface area contributed by atoms with Gasteiger partial charge in [0.25, 0.3) is 5.91 Å². The van der Waals surface area contributed by atoms with E-state index in [-0.39, 0.29) is 6.61 Å². The van der Waals surface area contributed by atoms with Crippen molar-refractivity contribution in [2.75, 3.05) is 23.9 Å². The molecule has 2 N–H and O–H groups in total. The minimum absolute atomic E-state index is 0.187. The van der Waals surface area contributed by atoms with E-state index in [9.17, 15) is 14.0 Å². The van der Waals surface area contributed by atoms with E-state index in [0.717, 1.165) is 0 Å². The molecule has 7 heteroatoms. The molecule has 2 amide bonds. The van der Waals surface area contributed by atoms with Gasteiger partial charge in [0.15, 0.2) is 6.61 Å². The number of anilines is 1. The van der Waals surface area contributed by atoms with Crippen LogP contribution in [0.4, 0.5) is 10.1 Å². The number of benzene rings is 2. The van der Waals surface area contributed by atoms with Gasteiger partial charge in [0.1, 0.15) is 17.6 Å². The zero-order valence-electron chi connectivity index (χ0n) is 14.4. The molecule has 5 nitrogen and oxygen atoms in total. The lowest BCUT2D eigenvalue weighted by atomic mass is 10.2. The summed E-state index contributed by atoms with van der Waals surface area (Å²) in [6.07, 6.45) is 2.38. The molecule has 1 atom stereocenters. The van der Waals surface area contributed by atoms with Crippen molar-refractivity contribution in [1.82, 2.24) is 5.32 Å². The van der Waals surface area contributed by atoms with E-state index in [1.54, 1.807) is 42.1 Å². The molecule has 0 aliphatic carbocycles. The first-order chi connectivity index (χ1) is 12.6. The lowest BCUT2D eigenvalue weighted by Crippen LogP contribution is -2.45. The van der Waals surface area contributed by atoms with Gasteiger partial charge in [-0.05, 0) is 48.8 Å². The molecule has 26 heavy (non-hydrogen) atoms. The number of carbonyl (C=O) groups is 2. The van der Waals surface area contributed by atoms with E-state index in [4.69, 9.17) is 4.74 Å². The summed E-state index contributed by atoms with van der Waals surface area (Å²) in [6, 6.07) is 13.8. The van der Waals surface area contributed by atoms with Gasteiger partial charge in [0.2, 0.25) is 5.91 Å². The average molecular weight is 376 g/mol. The highest BCUT2D eigenvalue weighted by Gasteiger charge is 2.21. The Bertz CT molecular complexity index is 728. The van der Waals surface area contributed by atoms with Crippen molar-refractivity contribution in [3.63, 3.8) is 0 Å². The van der Waals surface area contributed by atoms with E-state index < -0.39 is 23.7 Å². The number of thioether (sulfide) groups is 1. The third-order valence-electron chi connectivity index (χ3n) is 3.47. The highest BCUT2D eigenvalue weighted by Crippen LogP contribution is 2.11. The fourth-order valence-electron chi connectivity index (χ4n) is 2.20. The van der Waals surface area contributed by atoms with Gasteiger partial charge >= 0.3 is 0 Å². The first kappa shape index (κ1) is 19.8. The van der Waals surface area contributed by atoms with E-state index in [1.807, 2.05) is 12.3 Å². The third kappa shape index (κ3) is 6.76. The summed E-state index contributed by atoms with van der Waals surface area (Å²) in [7, 11) is 0. The topological polar surface area (TPSA) is 67.4 Å². The second-order valence-electron chi connectivity index (χ2n) is 5.50. The van der Waals surface area contributed by atoms with Gasteiger partial charge < -0.3 is 15.4 Å². The maximum Gasteiger partial charge on any atom is 0.258 e. The van der Waals surface area contributed by atoms with Crippen LogP contribution in [0.1, 0.15) is 6.42 Å². The molecule has 0 radical (unpaired) electrons. The average Bonchev–Trinajstić information content (AvgIpc) is 2.64. The molecule has 138 valence electrons. The fraction of sp³-hybridized carbons (Fsp3) is 0.263. The Balaban J connectivity index is 1.92. The molecule has 0 bridgehead atoms. The number of para-hydroxylation sites is 1. The summed E-state index contributed by atoms with van der Waals surface area (Å²) in [6.45, 7) is -0.187. The third-order valence-corrected chi connectivity index (χ3v) is 4.11. The van der Waals surface area contributed by atoms with Crippen LogP contribution < -0.4 is 15.4 Å². The van der Waals surface area contributed by atoms with Crippen LogP contribution in [0.15, 0.2) is 54.6 Å². The first-order valence-electron chi connectivity index (χ1n) is 8.11. The maximum absolute atomic E-state index is 13.3. The Morgan fingerprint density at radius 1 is 1.15 bits per heavy atom. The van der Waals surface area contributed by atoms with Crippen LogP contribution in [0.5, 0.6) is 5.75 Å². The lowest BCUT2D eigenvalue weighted by molar-refractivity contribution is -0.127. The van der Waals surface area contributed by atoms with Gasteiger partial charge in [-0.2, -0.15) is 11.8 Å². The second-order valence-corrected chi connectivity index (χ2v) is 6.49. The van der Waals surface area contributed by atoms with E-state index in [2.05, 4.69) is 10.6 Å². The fourth-order valence-corrected chi connectivity index (χ4v) is 2.67. The summed E-state index contributed by atoms with van der Waals surface area (Å²) in [4.78, 5) is 24.6. The van der Waals surface area contributed by atoms with Crippen LogP contribution >= 0.6 is 11.8 Å². The molecule has 0 aliphatic heterocycles.